The minimum Gasteiger partial charge on any atom is -0.496 e. The van der Waals surface area contributed by atoms with Gasteiger partial charge in [-0.1, -0.05) is 15.9 Å². The van der Waals surface area contributed by atoms with Gasteiger partial charge in [-0.3, -0.25) is 9.69 Å². The van der Waals surface area contributed by atoms with E-state index in [2.05, 4.69) is 26.5 Å². The molecule has 0 aliphatic carbocycles. The molecule has 0 unspecified atom stereocenters. The van der Waals surface area contributed by atoms with E-state index in [1.54, 1.807) is 36.4 Å². The Morgan fingerprint density at radius 2 is 1.62 bits per heavy atom. The highest BCUT2D eigenvalue weighted by Gasteiger charge is 2.29. The van der Waals surface area contributed by atoms with Gasteiger partial charge in [-0.15, -0.1) is 0 Å². The molecule has 1 heterocycles. The van der Waals surface area contributed by atoms with Crippen molar-refractivity contribution in [3.8, 4) is 17.2 Å². The quantitative estimate of drug-likeness (QED) is 0.372. The fourth-order valence-corrected chi connectivity index (χ4v) is 5.14. The average molecular weight is 555 g/mol. The summed E-state index contributed by atoms with van der Waals surface area (Å²) in [7, 11) is 1.00. The molecule has 0 bridgehead atoms. The van der Waals surface area contributed by atoms with Gasteiger partial charge in [-0.05, 0) is 24.3 Å². The highest BCUT2D eigenvalue weighted by Crippen LogP contribution is 2.32. The van der Waals surface area contributed by atoms with Crippen LogP contribution in [0.2, 0.25) is 0 Å². The van der Waals surface area contributed by atoms with E-state index in [4.69, 9.17) is 14.2 Å². The number of rotatable bonds is 9. The summed E-state index contributed by atoms with van der Waals surface area (Å²) in [5, 5.41) is 4.02. The lowest BCUT2D eigenvalue weighted by Crippen LogP contribution is -2.50. The molecule has 3 rings (SSSR count). The smallest absolute Gasteiger partial charge is 0.254 e. The number of hydrogen-bond acceptors (Lipinski definition) is 8. The first-order valence-corrected chi connectivity index (χ1v) is 12.6. The molecule has 12 heteroatoms. The molecule has 1 fully saturated rings. The first kappa shape index (κ1) is 25.9. The largest absolute Gasteiger partial charge is 0.496 e. The maximum Gasteiger partial charge on any atom is 0.254 e. The van der Waals surface area contributed by atoms with Gasteiger partial charge in [0.2, 0.25) is 10.0 Å². The summed E-state index contributed by atoms with van der Waals surface area (Å²) >= 11 is 3.31. The van der Waals surface area contributed by atoms with Crippen LogP contribution in [0.4, 0.5) is 0 Å². The van der Waals surface area contributed by atoms with E-state index in [1.807, 2.05) is 4.90 Å². The number of amides is 1. The van der Waals surface area contributed by atoms with Gasteiger partial charge < -0.3 is 14.2 Å². The third kappa shape index (κ3) is 6.26. The Morgan fingerprint density at radius 3 is 2.15 bits per heavy atom. The topological polar surface area (TPSA) is 110 Å². The molecule has 1 N–H and O–H groups in total. The molecule has 1 saturated heterocycles. The van der Waals surface area contributed by atoms with Crippen LogP contribution in [-0.4, -0.2) is 83.8 Å². The summed E-state index contributed by atoms with van der Waals surface area (Å²) in [5.74, 6) is 1.22. The molecule has 184 valence electrons. The molecule has 0 spiro atoms. The number of methoxy groups -OCH3 is 3. The van der Waals surface area contributed by atoms with E-state index < -0.39 is 10.0 Å². The molecule has 2 aromatic carbocycles. The Morgan fingerprint density at radius 1 is 1.03 bits per heavy atom. The number of piperazine rings is 1. The molecule has 1 aliphatic rings. The number of nitrogens with one attached hydrogen (secondary N) is 1. The number of ether oxygens (including phenoxy) is 3. The van der Waals surface area contributed by atoms with Crippen molar-refractivity contribution in [2.75, 3.05) is 54.1 Å². The van der Waals surface area contributed by atoms with Crippen molar-refractivity contribution in [1.82, 2.24) is 14.6 Å². The predicted molar refractivity (Wildman–Crippen MR) is 131 cm³/mol. The van der Waals surface area contributed by atoms with Crippen molar-refractivity contribution in [3.63, 3.8) is 0 Å². The van der Waals surface area contributed by atoms with Crippen LogP contribution >= 0.6 is 15.9 Å². The Balaban J connectivity index is 1.54. The summed E-state index contributed by atoms with van der Waals surface area (Å²) in [6, 6.07) is 9.92. The van der Waals surface area contributed by atoms with Gasteiger partial charge in [0.15, 0.2) is 0 Å². The zero-order valence-corrected chi connectivity index (χ0v) is 21.6. The number of sulfonamides is 1. The second kappa shape index (κ2) is 11.6. The van der Waals surface area contributed by atoms with E-state index in [0.717, 1.165) is 4.47 Å². The van der Waals surface area contributed by atoms with Gasteiger partial charge in [0, 0.05) is 42.8 Å². The Labute approximate surface area is 207 Å². The third-order valence-corrected chi connectivity index (χ3v) is 7.73. The maximum absolute atomic E-state index is 12.8. The maximum atomic E-state index is 12.8. The van der Waals surface area contributed by atoms with Crippen LogP contribution in [0.1, 0.15) is 5.56 Å². The van der Waals surface area contributed by atoms with E-state index in [9.17, 15) is 13.2 Å². The second-order valence-corrected chi connectivity index (χ2v) is 10.2. The molecule has 0 atom stereocenters. The van der Waals surface area contributed by atoms with Crippen molar-refractivity contribution in [3.05, 3.63) is 46.4 Å². The minimum absolute atomic E-state index is 0.0976. The third-order valence-electron chi connectivity index (χ3n) is 5.29. The normalized spacial score (nSPS) is 15.3. The lowest BCUT2D eigenvalue weighted by atomic mass is 10.2. The molecular weight excluding hydrogens is 528 g/mol. The van der Waals surface area contributed by atoms with Crippen LogP contribution in [-0.2, 0) is 14.8 Å². The van der Waals surface area contributed by atoms with Crippen molar-refractivity contribution < 1.29 is 27.4 Å². The van der Waals surface area contributed by atoms with E-state index in [0.29, 0.717) is 49.0 Å². The molecule has 1 amide bonds. The molecule has 1 aliphatic heterocycles. The van der Waals surface area contributed by atoms with Crippen molar-refractivity contribution in [1.29, 1.82) is 0 Å². The fourth-order valence-electron chi connectivity index (χ4n) is 3.45. The number of benzene rings is 2. The van der Waals surface area contributed by atoms with Crippen LogP contribution in [0, 0.1) is 0 Å². The number of nitrogens with zero attached hydrogens (tertiary/aromatic N) is 3. The van der Waals surface area contributed by atoms with Gasteiger partial charge in [0.05, 0.1) is 44.5 Å². The Hall–Kier alpha value is -2.67. The fraction of sp³-hybridized carbons (Fsp3) is 0.364. The number of hydrogen-bond donors (Lipinski definition) is 1. The summed E-state index contributed by atoms with van der Waals surface area (Å²) < 4.78 is 43.8. The molecule has 10 nitrogen and oxygen atoms in total. The molecule has 0 aromatic heterocycles. The first-order valence-electron chi connectivity index (χ1n) is 10.4. The summed E-state index contributed by atoms with van der Waals surface area (Å²) in [4.78, 5) is 14.5. The van der Waals surface area contributed by atoms with Crippen LogP contribution in [0.15, 0.2) is 50.9 Å². The van der Waals surface area contributed by atoms with E-state index in [1.165, 1.54) is 31.8 Å². The lowest BCUT2D eigenvalue weighted by molar-refractivity contribution is -0.122. The van der Waals surface area contributed by atoms with Crippen LogP contribution < -0.4 is 19.6 Å². The van der Waals surface area contributed by atoms with Crippen molar-refractivity contribution in [2.45, 2.75) is 4.90 Å². The number of halogens is 1. The van der Waals surface area contributed by atoms with E-state index >= 15 is 0 Å². The molecule has 0 radical (unpaired) electrons. The van der Waals surface area contributed by atoms with Crippen molar-refractivity contribution in [2.24, 2.45) is 5.10 Å². The highest BCUT2D eigenvalue weighted by atomic mass is 79.9. The van der Waals surface area contributed by atoms with E-state index in [-0.39, 0.29) is 17.3 Å². The lowest BCUT2D eigenvalue weighted by Gasteiger charge is -2.33. The Kier molecular flexibility index (Phi) is 8.89. The highest BCUT2D eigenvalue weighted by molar-refractivity contribution is 9.10. The van der Waals surface area contributed by atoms with Gasteiger partial charge in [0.25, 0.3) is 5.91 Å². The number of carbonyl (C=O) groups is 1. The predicted octanol–water partition coefficient (Wildman–Crippen LogP) is 1.93. The summed E-state index contributed by atoms with van der Waals surface area (Å²) in [5.41, 5.74) is 3.05. The van der Waals surface area contributed by atoms with Crippen molar-refractivity contribution >= 4 is 38.1 Å². The molecule has 2 aromatic rings. The van der Waals surface area contributed by atoms with Crippen LogP contribution in [0.5, 0.6) is 17.2 Å². The second-order valence-electron chi connectivity index (χ2n) is 7.37. The molecular formula is C22H27BrN4O6S. The standard InChI is InChI=1S/C22H27BrN4O6S/c1-31-17-12-20(32-2)19(21(13-17)33-3)14-24-25-22(28)15-26-8-10-27(11-9-26)34(29,30)18-6-4-16(23)5-7-18/h4-7,12-14H,8-11,15H2,1-3H3,(H,25,28). The SMILES string of the molecule is COc1cc(OC)c(C=NNC(=O)CN2CCN(S(=O)(=O)c3ccc(Br)cc3)CC2)c(OC)c1. The minimum atomic E-state index is -3.56. The monoisotopic (exact) mass is 554 g/mol. The number of hydrazone groups is 1. The Bertz CT molecular complexity index is 1110. The number of carbonyl (C=O) groups excluding carboxylic acids is 1. The summed E-state index contributed by atoms with van der Waals surface area (Å²) in [6.07, 6.45) is 1.44. The average Bonchev–Trinajstić information content (AvgIpc) is 2.84. The van der Waals surface area contributed by atoms with Crippen LogP contribution in [0.25, 0.3) is 0 Å². The first-order chi connectivity index (χ1) is 16.3. The van der Waals surface area contributed by atoms with Crippen LogP contribution in [0.3, 0.4) is 0 Å². The van der Waals surface area contributed by atoms with Gasteiger partial charge in [0.1, 0.15) is 17.2 Å². The zero-order chi connectivity index (χ0) is 24.7. The van der Waals surface area contributed by atoms with Gasteiger partial charge >= 0.3 is 0 Å². The van der Waals surface area contributed by atoms with Gasteiger partial charge in [-0.2, -0.15) is 9.41 Å². The summed E-state index contributed by atoms with van der Waals surface area (Å²) in [6.45, 7) is 1.57. The van der Waals surface area contributed by atoms with Gasteiger partial charge in [-0.25, -0.2) is 13.8 Å². The molecule has 34 heavy (non-hydrogen) atoms. The molecule has 0 saturated carbocycles. The zero-order valence-electron chi connectivity index (χ0n) is 19.2.